The average Bonchev–Trinajstić information content (AvgIpc) is 2.44. The minimum atomic E-state index is -0.402. The number of rotatable bonds is 8. The topological polar surface area (TPSA) is 82.2 Å². The molecule has 0 fully saturated rings. The molecule has 0 bridgehead atoms. The molecule has 5 nitrogen and oxygen atoms in total. The summed E-state index contributed by atoms with van der Waals surface area (Å²) in [7, 11) is 0. The third kappa shape index (κ3) is 5.09. The van der Waals surface area contributed by atoms with Crippen LogP contribution in [0.25, 0.3) is 0 Å². The van der Waals surface area contributed by atoms with Crippen molar-refractivity contribution in [3.63, 3.8) is 0 Å². The Morgan fingerprint density at radius 3 is 2.71 bits per heavy atom. The fourth-order valence-electron chi connectivity index (χ4n) is 2.16. The van der Waals surface area contributed by atoms with Crippen LogP contribution in [-0.4, -0.2) is 25.0 Å². The van der Waals surface area contributed by atoms with Gasteiger partial charge in [-0.2, -0.15) is 5.26 Å². The van der Waals surface area contributed by atoms with Gasteiger partial charge in [-0.15, -0.1) is 0 Å². The summed E-state index contributed by atoms with van der Waals surface area (Å²) in [5, 5.41) is 12.7. The smallest absolute Gasteiger partial charge is 0.236 e. The van der Waals surface area contributed by atoms with Crippen molar-refractivity contribution >= 4 is 11.6 Å². The molecule has 0 spiro atoms. The molecule has 0 aliphatic heterocycles. The van der Waals surface area contributed by atoms with Crippen molar-refractivity contribution in [1.29, 1.82) is 5.26 Å². The van der Waals surface area contributed by atoms with Crippen LogP contribution in [0, 0.1) is 11.3 Å². The van der Waals surface area contributed by atoms with Gasteiger partial charge in [-0.25, -0.2) is 0 Å². The molecule has 0 atom stereocenters. The molecule has 0 radical (unpaired) electrons. The maximum absolute atomic E-state index is 11.2. The second-order valence-corrected chi connectivity index (χ2v) is 5.33. The highest BCUT2D eigenvalue weighted by atomic mass is 16.1. The Bertz CT molecular complexity index is 519. The van der Waals surface area contributed by atoms with Crippen molar-refractivity contribution in [3.05, 3.63) is 29.3 Å². The quantitative estimate of drug-likeness (QED) is 0.714. The number of nitrogens with zero attached hydrogens (tertiary/aromatic N) is 2. The first-order chi connectivity index (χ1) is 9.99. The average molecular weight is 288 g/mol. The molecule has 0 saturated heterocycles. The van der Waals surface area contributed by atoms with E-state index < -0.39 is 5.91 Å². The van der Waals surface area contributed by atoms with Crippen molar-refractivity contribution in [2.24, 2.45) is 5.73 Å². The summed E-state index contributed by atoms with van der Waals surface area (Å²) in [5.41, 5.74) is 7.68. The first kappa shape index (κ1) is 17.0. The van der Waals surface area contributed by atoms with E-state index in [1.54, 1.807) is 0 Å². The van der Waals surface area contributed by atoms with Crippen LogP contribution in [0.3, 0.4) is 0 Å². The lowest BCUT2D eigenvalue weighted by Crippen LogP contribution is -2.39. The van der Waals surface area contributed by atoms with Gasteiger partial charge in [0.1, 0.15) is 6.07 Å². The number of carbonyl (C=O) groups excluding carboxylic acids is 1. The third-order valence-electron chi connectivity index (χ3n) is 3.20. The van der Waals surface area contributed by atoms with Gasteiger partial charge in [-0.1, -0.05) is 13.0 Å². The minimum absolute atomic E-state index is 0.0914. The number of nitrogens with two attached hydrogens (primary N) is 1. The minimum Gasteiger partial charge on any atom is -0.368 e. The Morgan fingerprint density at radius 1 is 1.48 bits per heavy atom. The van der Waals surface area contributed by atoms with Gasteiger partial charge in [-0.05, 0) is 44.5 Å². The SMILES string of the molecule is CCCNCc1ccc(N(CC(N)=O)C(C)C)c(C#N)c1. The zero-order chi connectivity index (χ0) is 15.8. The highest BCUT2D eigenvalue weighted by molar-refractivity contribution is 5.80. The van der Waals surface area contributed by atoms with Gasteiger partial charge in [0, 0.05) is 12.6 Å². The molecule has 0 aromatic heterocycles. The van der Waals surface area contributed by atoms with E-state index >= 15 is 0 Å². The molecule has 5 heteroatoms. The van der Waals surface area contributed by atoms with Gasteiger partial charge >= 0.3 is 0 Å². The van der Waals surface area contributed by atoms with Crippen LogP contribution in [0.15, 0.2) is 18.2 Å². The normalized spacial score (nSPS) is 10.4. The monoisotopic (exact) mass is 288 g/mol. The lowest BCUT2D eigenvalue weighted by atomic mass is 10.1. The summed E-state index contributed by atoms with van der Waals surface area (Å²) in [6, 6.07) is 8.05. The summed E-state index contributed by atoms with van der Waals surface area (Å²) in [6.07, 6.45) is 1.07. The van der Waals surface area contributed by atoms with Crippen LogP contribution in [0.1, 0.15) is 38.3 Å². The number of nitriles is 1. The van der Waals surface area contributed by atoms with Gasteiger partial charge in [-0.3, -0.25) is 4.79 Å². The summed E-state index contributed by atoms with van der Waals surface area (Å²) in [6.45, 7) is 7.85. The predicted molar refractivity (Wildman–Crippen MR) is 84.8 cm³/mol. The van der Waals surface area contributed by atoms with Crippen molar-refractivity contribution in [1.82, 2.24) is 5.32 Å². The van der Waals surface area contributed by atoms with E-state index in [-0.39, 0.29) is 12.6 Å². The third-order valence-corrected chi connectivity index (χ3v) is 3.20. The second kappa shape index (κ2) is 8.28. The number of hydrogen-bond acceptors (Lipinski definition) is 4. The molecule has 1 aromatic rings. The molecular weight excluding hydrogens is 264 g/mol. The van der Waals surface area contributed by atoms with Crippen molar-refractivity contribution in [3.8, 4) is 6.07 Å². The number of nitrogens with one attached hydrogen (secondary N) is 1. The van der Waals surface area contributed by atoms with E-state index in [2.05, 4.69) is 18.3 Å². The first-order valence-electron chi connectivity index (χ1n) is 7.28. The lowest BCUT2D eigenvalue weighted by Gasteiger charge is -2.28. The van der Waals surface area contributed by atoms with Gasteiger partial charge < -0.3 is 16.0 Å². The molecule has 0 heterocycles. The van der Waals surface area contributed by atoms with E-state index in [0.717, 1.165) is 30.8 Å². The number of benzene rings is 1. The largest absolute Gasteiger partial charge is 0.368 e. The molecule has 3 N–H and O–H groups in total. The molecule has 21 heavy (non-hydrogen) atoms. The maximum atomic E-state index is 11.2. The number of amides is 1. The number of anilines is 1. The molecule has 114 valence electrons. The van der Waals surface area contributed by atoms with E-state index in [9.17, 15) is 10.1 Å². The van der Waals surface area contributed by atoms with Gasteiger partial charge in [0.15, 0.2) is 0 Å². The van der Waals surface area contributed by atoms with Gasteiger partial charge in [0.25, 0.3) is 0 Å². The zero-order valence-corrected chi connectivity index (χ0v) is 13.0. The molecule has 1 rings (SSSR count). The van der Waals surface area contributed by atoms with Crippen LogP contribution in [0.5, 0.6) is 0 Å². The Morgan fingerprint density at radius 2 is 2.19 bits per heavy atom. The molecular formula is C16H24N4O. The molecule has 0 unspecified atom stereocenters. The Balaban J connectivity index is 3.01. The van der Waals surface area contributed by atoms with Crippen LogP contribution in [0.4, 0.5) is 5.69 Å². The summed E-state index contributed by atoms with van der Waals surface area (Å²) < 4.78 is 0. The number of primary amides is 1. The Hall–Kier alpha value is -2.06. The van der Waals surface area contributed by atoms with Crippen LogP contribution in [0.2, 0.25) is 0 Å². The first-order valence-corrected chi connectivity index (χ1v) is 7.28. The van der Waals surface area contributed by atoms with E-state index in [1.165, 1.54) is 0 Å². The Kier molecular flexibility index (Phi) is 6.70. The van der Waals surface area contributed by atoms with Crippen LogP contribution >= 0.6 is 0 Å². The van der Waals surface area contributed by atoms with Crippen molar-refractivity contribution in [2.75, 3.05) is 18.0 Å². The van der Waals surface area contributed by atoms with Crippen LogP contribution < -0.4 is 16.0 Å². The van der Waals surface area contributed by atoms with E-state index in [4.69, 9.17) is 5.73 Å². The summed E-state index contributed by atoms with van der Waals surface area (Å²) in [5.74, 6) is -0.402. The molecule has 0 aliphatic rings. The standard InChI is InChI=1S/C16H24N4O/c1-4-7-19-10-13-5-6-15(14(8-13)9-17)20(12(2)3)11-16(18)21/h5-6,8,12,19H,4,7,10-11H2,1-3H3,(H2,18,21). The van der Waals surface area contributed by atoms with Gasteiger partial charge in [0.2, 0.25) is 5.91 Å². The summed E-state index contributed by atoms with van der Waals surface area (Å²) >= 11 is 0. The number of carbonyl (C=O) groups is 1. The number of hydrogen-bond donors (Lipinski definition) is 2. The lowest BCUT2D eigenvalue weighted by molar-refractivity contribution is -0.116. The predicted octanol–water partition coefficient (Wildman–Crippen LogP) is 1.76. The molecule has 1 aromatic carbocycles. The molecule has 1 amide bonds. The van der Waals surface area contributed by atoms with Gasteiger partial charge in [0.05, 0.1) is 17.8 Å². The van der Waals surface area contributed by atoms with E-state index in [0.29, 0.717) is 5.56 Å². The zero-order valence-electron chi connectivity index (χ0n) is 13.0. The fourth-order valence-corrected chi connectivity index (χ4v) is 2.16. The van der Waals surface area contributed by atoms with E-state index in [1.807, 2.05) is 36.9 Å². The van der Waals surface area contributed by atoms with Crippen molar-refractivity contribution in [2.45, 2.75) is 39.8 Å². The van der Waals surface area contributed by atoms with Crippen LogP contribution in [-0.2, 0) is 11.3 Å². The fraction of sp³-hybridized carbons (Fsp3) is 0.500. The molecule has 0 saturated carbocycles. The Labute approximate surface area is 126 Å². The maximum Gasteiger partial charge on any atom is 0.236 e. The second-order valence-electron chi connectivity index (χ2n) is 5.33. The highest BCUT2D eigenvalue weighted by Crippen LogP contribution is 2.23. The molecule has 0 aliphatic carbocycles. The summed E-state index contributed by atoms with van der Waals surface area (Å²) in [4.78, 5) is 13.1. The highest BCUT2D eigenvalue weighted by Gasteiger charge is 2.17. The van der Waals surface area contributed by atoms with Crippen molar-refractivity contribution < 1.29 is 4.79 Å².